The molecule has 0 aliphatic heterocycles. The Morgan fingerprint density at radius 3 is 2.76 bits per heavy atom. The van der Waals surface area contributed by atoms with Crippen molar-refractivity contribution < 1.29 is 4.79 Å². The molecule has 0 radical (unpaired) electrons. The lowest BCUT2D eigenvalue weighted by molar-refractivity contribution is -0.117. The molecule has 1 aliphatic rings. The van der Waals surface area contributed by atoms with Crippen LogP contribution in [0.2, 0.25) is 0 Å². The number of benzene rings is 1. The second-order valence-electron chi connectivity index (χ2n) is 4.14. The van der Waals surface area contributed by atoms with Crippen molar-refractivity contribution in [2.24, 2.45) is 5.92 Å². The molecule has 2 N–H and O–H groups in total. The fourth-order valence-corrected chi connectivity index (χ4v) is 1.60. The number of hydrogen-bond donors (Lipinski definition) is 2. The molecule has 1 aromatic carbocycles. The summed E-state index contributed by atoms with van der Waals surface area (Å²) in [7, 11) is 0. The lowest BCUT2D eigenvalue weighted by atomic mass is 10.2. The number of aromatic nitrogens is 3. The molecule has 0 unspecified atom stereocenters. The van der Waals surface area contributed by atoms with Gasteiger partial charge < -0.3 is 0 Å². The van der Waals surface area contributed by atoms with E-state index in [1.807, 2.05) is 30.3 Å². The Morgan fingerprint density at radius 2 is 2.06 bits per heavy atom. The summed E-state index contributed by atoms with van der Waals surface area (Å²) in [6.45, 7) is 0. The largest absolute Gasteiger partial charge is 0.293 e. The predicted octanol–water partition coefficient (Wildman–Crippen LogP) is 1.82. The molecular weight excluding hydrogens is 216 g/mol. The number of anilines is 1. The van der Waals surface area contributed by atoms with Crippen LogP contribution in [-0.2, 0) is 4.79 Å². The van der Waals surface area contributed by atoms with Crippen LogP contribution in [0.3, 0.4) is 0 Å². The van der Waals surface area contributed by atoms with Gasteiger partial charge in [0.25, 0.3) is 0 Å². The third-order valence-corrected chi connectivity index (χ3v) is 2.72. The van der Waals surface area contributed by atoms with E-state index in [-0.39, 0.29) is 11.8 Å². The molecule has 5 nitrogen and oxygen atoms in total. The van der Waals surface area contributed by atoms with Gasteiger partial charge in [-0.15, -0.1) is 5.10 Å². The highest BCUT2D eigenvalue weighted by Gasteiger charge is 2.30. The summed E-state index contributed by atoms with van der Waals surface area (Å²) in [5.74, 6) is 1.19. The molecule has 1 amide bonds. The van der Waals surface area contributed by atoms with Gasteiger partial charge in [-0.25, -0.2) is 0 Å². The number of carbonyl (C=O) groups is 1. The number of amides is 1. The summed E-state index contributed by atoms with van der Waals surface area (Å²) in [5.41, 5.74) is 0.951. The van der Waals surface area contributed by atoms with Crippen molar-refractivity contribution in [2.45, 2.75) is 12.8 Å². The summed E-state index contributed by atoms with van der Waals surface area (Å²) in [6.07, 6.45) is 1.95. The van der Waals surface area contributed by atoms with Crippen molar-refractivity contribution in [1.29, 1.82) is 0 Å². The van der Waals surface area contributed by atoms with E-state index in [4.69, 9.17) is 0 Å². The quantitative estimate of drug-likeness (QED) is 0.841. The first-order valence-corrected chi connectivity index (χ1v) is 5.61. The molecule has 1 heterocycles. The van der Waals surface area contributed by atoms with E-state index in [1.54, 1.807) is 0 Å². The Labute approximate surface area is 98.3 Å². The van der Waals surface area contributed by atoms with Crippen LogP contribution in [-0.4, -0.2) is 21.1 Å². The fraction of sp³-hybridized carbons (Fsp3) is 0.250. The lowest BCUT2D eigenvalue weighted by Crippen LogP contribution is -2.14. The van der Waals surface area contributed by atoms with Gasteiger partial charge in [-0.1, -0.05) is 30.3 Å². The van der Waals surface area contributed by atoms with Gasteiger partial charge in [0.05, 0.1) is 0 Å². The van der Waals surface area contributed by atoms with Gasteiger partial charge >= 0.3 is 0 Å². The highest BCUT2D eigenvalue weighted by atomic mass is 16.2. The van der Waals surface area contributed by atoms with Crippen LogP contribution < -0.4 is 5.32 Å². The number of nitrogens with zero attached hydrogens (tertiary/aromatic N) is 2. The molecule has 3 rings (SSSR count). The number of H-pyrrole nitrogens is 1. The van der Waals surface area contributed by atoms with E-state index in [1.165, 1.54) is 0 Å². The summed E-state index contributed by atoms with van der Waals surface area (Å²) in [5, 5.41) is 9.49. The van der Waals surface area contributed by atoms with Gasteiger partial charge in [0.2, 0.25) is 11.9 Å². The Kier molecular flexibility index (Phi) is 2.36. The first-order valence-electron chi connectivity index (χ1n) is 5.61. The molecule has 86 valence electrons. The summed E-state index contributed by atoms with van der Waals surface area (Å²) >= 11 is 0. The van der Waals surface area contributed by atoms with Crippen LogP contribution >= 0.6 is 0 Å². The van der Waals surface area contributed by atoms with Crippen molar-refractivity contribution in [3.63, 3.8) is 0 Å². The van der Waals surface area contributed by atoms with Gasteiger partial charge in [0, 0.05) is 11.5 Å². The molecule has 1 fully saturated rings. The lowest BCUT2D eigenvalue weighted by Gasteiger charge is -1.96. The minimum absolute atomic E-state index is 0.0172. The summed E-state index contributed by atoms with van der Waals surface area (Å²) in [6, 6.07) is 9.68. The third-order valence-electron chi connectivity index (χ3n) is 2.72. The molecule has 0 atom stereocenters. The van der Waals surface area contributed by atoms with Crippen molar-refractivity contribution in [2.75, 3.05) is 5.32 Å². The van der Waals surface area contributed by atoms with Crippen LogP contribution in [0, 0.1) is 5.92 Å². The monoisotopic (exact) mass is 228 g/mol. The summed E-state index contributed by atoms with van der Waals surface area (Å²) in [4.78, 5) is 15.7. The van der Waals surface area contributed by atoms with E-state index < -0.39 is 0 Å². The third kappa shape index (κ3) is 2.18. The number of hydrogen-bond acceptors (Lipinski definition) is 3. The second kappa shape index (κ2) is 4.01. The van der Waals surface area contributed by atoms with Gasteiger partial charge in [-0.2, -0.15) is 4.98 Å². The first kappa shape index (κ1) is 10.0. The maximum atomic E-state index is 11.5. The Bertz CT molecular complexity index is 530. The minimum atomic E-state index is 0.0172. The average molecular weight is 228 g/mol. The normalized spacial score (nSPS) is 14.6. The van der Waals surface area contributed by atoms with Crippen molar-refractivity contribution in [3.05, 3.63) is 30.3 Å². The van der Waals surface area contributed by atoms with E-state index in [9.17, 15) is 4.79 Å². The Morgan fingerprint density at radius 1 is 1.29 bits per heavy atom. The highest BCUT2D eigenvalue weighted by Crippen LogP contribution is 2.29. The molecular formula is C12H12N4O. The molecule has 5 heteroatoms. The van der Waals surface area contributed by atoms with Crippen LogP contribution in [0.25, 0.3) is 11.4 Å². The number of carbonyl (C=O) groups excluding carboxylic acids is 1. The van der Waals surface area contributed by atoms with Gasteiger partial charge in [0.1, 0.15) is 0 Å². The zero-order chi connectivity index (χ0) is 11.7. The second-order valence-corrected chi connectivity index (χ2v) is 4.14. The van der Waals surface area contributed by atoms with Crippen LogP contribution in [0.4, 0.5) is 5.95 Å². The van der Waals surface area contributed by atoms with E-state index in [0.29, 0.717) is 11.8 Å². The number of aromatic amines is 1. The van der Waals surface area contributed by atoms with Gasteiger partial charge in [-0.3, -0.25) is 15.2 Å². The zero-order valence-electron chi connectivity index (χ0n) is 9.18. The molecule has 1 saturated carbocycles. The fourth-order valence-electron chi connectivity index (χ4n) is 1.60. The molecule has 1 aromatic heterocycles. The van der Waals surface area contributed by atoms with Crippen LogP contribution in [0.5, 0.6) is 0 Å². The molecule has 0 saturated heterocycles. The minimum Gasteiger partial charge on any atom is -0.293 e. The van der Waals surface area contributed by atoms with Crippen molar-refractivity contribution in [1.82, 2.24) is 15.2 Å². The summed E-state index contributed by atoms with van der Waals surface area (Å²) < 4.78 is 0. The van der Waals surface area contributed by atoms with Crippen molar-refractivity contribution in [3.8, 4) is 11.4 Å². The van der Waals surface area contributed by atoms with E-state index in [0.717, 1.165) is 18.4 Å². The Balaban J connectivity index is 1.76. The highest BCUT2D eigenvalue weighted by molar-refractivity contribution is 5.92. The Hall–Kier alpha value is -2.17. The molecule has 17 heavy (non-hydrogen) atoms. The van der Waals surface area contributed by atoms with Gasteiger partial charge in [0.15, 0.2) is 5.82 Å². The van der Waals surface area contributed by atoms with Gasteiger partial charge in [-0.05, 0) is 12.8 Å². The predicted molar refractivity (Wildman–Crippen MR) is 63.2 cm³/mol. The SMILES string of the molecule is O=C(Nc1n[nH]c(-c2ccccc2)n1)C1CC1. The van der Waals surface area contributed by atoms with Crippen LogP contribution in [0.15, 0.2) is 30.3 Å². The molecule has 0 spiro atoms. The average Bonchev–Trinajstić information content (AvgIpc) is 3.12. The molecule has 2 aromatic rings. The number of rotatable bonds is 3. The topological polar surface area (TPSA) is 70.7 Å². The maximum absolute atomic E-state index is 11.5. The zero-order valence-corrected chi connectivity index (χ0v) is 9.18. The standard InChI is InChI=1S/C12H12N4O/c17-11(9-6-7-9)14-12-13-10(15-16-12)8-4-2-1-3-5-8/h1-5,9H,6-7H2,(H2,13,14,15,16,17). The van der Waals surface area contributed by atoms with Crippen LogP contribution in [0.1, 0.15) is 12.8 Å². The van der Waals surface area contributed by atoms with E-state index >= 15 is 0 Å². The smallest absolute Gasteiger partial charge is 0.249 e. The first-order chi connectivity index (χ1) is 8.33. The molecule has 0 bridgehead atoms. The van der Waals surface area contributed by atoms with Crippen molar-refractivity contribution >= 4 is 11.9 Å². The maximum Gasteiger partial charge on any atom is 0.249 e. The number of nitrogens with one attached hydrogen (secondary N) is 2. The molecule has 1 aliphatic carbocycles. The van der Waals surface area contributed by atoms with E-state index in [2.05, 4.69) is 20.5 Å².